The van der Waals surface area contributed by atoms with E-state index in [0.717, 1.165) is 27.6 Å². The summed E-state index contributed by atoms with van der Waals surface area (Å²) in [6.45, 7) is 4.22. The first-order valence-electron chi connectivity index (χ1n) is 6.72. The minimum Gasteiger partial charge on any atom is -0.489 e. The van der Waals surface area contributed by atoms with E-state index in [4.69, 9.17) is 9.47 Å². The van der Waals surface area contributed by atoms with Gasteiger partial charge in [-0.3, -0.25) is 0 Å². The van der Waals surface area contributed by atoms with Crippen molar-refractivity contribution in [3.63, 3.8) is 0 Å². The molecule has 7 heteroatoms. The highest BCUT2D eigenvalue weighted by atomic mass is 19.4. The molecule has 2 aromatic rings. The first-order chi connectivity index (χ1) is 10.3. The molecule has 0 atom stereocenters. The van der Waals surface area contributed by atoms with Crippen LogP contribution >= 0.6 is 0 Å². The van der Waals surface area contributed by atoms with Crippen molar-refractivity contribution >= 4 is 0 Å². The third-order valence-corrected chi connectivity index (χ3v) is 3.12. The number of benzene rings is 1. The summed E-state index contributed by atoms with van der Waals surface area (Å²) in [5.74, 6) is 0.824. The average Bonchev–Trinajstić information content (AvgIpc) is 2.79. The van der Waals surface area contributed by atoms with Gasteiger partial charge in [0.1, 0.15) is 19.0 Å². The zero-order valence-electron chi connectivity index (χ0n) is 12.6. The first kappa shape index (κ1) is 16.2. The summed E-state index contributed by atoms with van der Waals surface area (Å²) >= 11 is 0. The standard InChI is InChI=1S/C15H17F3N2O2/c1-10-5-4-6-11(2)14(10)22-8-7-21-13-9-12(15(16,17)18)19-20(13)3/h4-6,9H,7-8H2,1-3H3. The number of rotatable bonds is 5. The molecule has 0 saturated heterocycles. The third kappa shape index (κ3) is 3.72. The molecule has 0 saturated carbocycles. The third-order valence-electron chi connectivity index (χ3n) is 3.12. The molecule has 1 aromatic heterocycles. The molecule has 2 rings (SSSR count). The Morgan fingerprint density at radius 3 is 2.23 bits per heavy atom. The van der Waals surface area contributed by atoms with Crippen LogP contribution in [-0.4, -0.2) is 23.0 Å². The predicted octanol–water partition coefficient (Wildman–Crippen LogP) is 3.51. The van der Waals surface area contributed by atoms with Crippen molar-refractivity contribution in [2.75, 3.05) is 13.2 Å². The fourth-order valence-corrected chi connectivity index (χ4v) is 2.04. The van der Waals surface area contributed by atoms with Crippen molar-refractivity contribution in [1.29, 1.82) is 0 Å². The molecule has 0 spiro atoms. The van der Waals surface area contributed by atoms with Gasteiger partial charge in [0.15, 0.2) is 5.69 Å². The SMILES string of the molecule is Cc1cccc(C)c1OCCOc1cc(C(F)(F)F)nn1C. The Bertz CT molecular complexity index is 630. The van der Waals surface area contributed by atoms with Crippen LogP contribution in [0.25, 0.3) is 0 Å². The minimum atomic E-state index is -4.48. The molecule has 0 N–H and O–H groups in total. The number of hydrogen-bond acceptors (Lipinski definition) is 3. The van der Waals surface area contributed by atoms with E-state index in [9.17, 15) is 13.2 Å². The Hall–Kier alpha value is -2.18. The number of para-hydroxylation sites is 1. The monoisotopic (exact) mass is 314 g/mol. The summed E-state index contributed by atoms with van der Waals surface area (Å²) in [4.78, 5) is 0. The van der Waals surface area contributed by atoms with Crippen LogP contribution in [0.1, 0.15) is 16.8 Å². The van der Waals surface area contributed by atoms with E-state index in [1.165, 1.54) is 7.05 Å². The molecule has 22 heavy (non-hydrogen) atoms. The van der Waals surface area contributed by atoms with E-state index < -0.39 is 11.9 Å². The average molecular weight is 314 g/mol. The quantitative estimate of drug-likeness (QED) is 0.792. The van der Waals surface area contributed by atoms with Crippen LogP contribution in [0, 0.1) is 13.8 Å². The maximum Gasteiger partial charge on any atom is 0.435 e. The second-order valence-electron chi connectivity index (χ2n) is 4.91. The van der Waals surface area contributed by atoms with Crippen LogP contribution in [0.3, 0.4) is 0 Å². The van der Waals surface area contributed by atoms with Crippen LogP contribution < -0.4 is 9.47 Å². The number of aromatic nitrogens is 2. The zero-order valence-corrected chi connectivity index (χ0v) is 12.6. The fourth-order valence-electron chi connectivity index (χ4n) is 2.04. The van der Waals surface area contributed by atoms with Crippen molar-refractivity contribution in [1.82, 2.24) is 9.78 Å². The van der Waals surface area contributed by atoms with Gasteiger partial charge in [0.25, 0.3) is 0 Å². The van der Waals surface area contributed by atoms with Gasteiger partial charge >= 0.3 is 6.18 Å². The summed E-state index contributed by atoms with van der Waals surface area (Å²) in [7, 11) is 1.40. The van der Waals surface area contributed by atoms with Gasteiger partial charge in [0.05, 0.1) is 0 Å². The topological polar surface area (TPSA) is 36.3 Å². The van der Waals surface area contributed by atoms with Crippen LogP contribution in [0.5, 0.6) is 11.6 Å². The number of nitrogens with zero attached hydrogens (tertiary/aromatic N) is 2. The Morgan fingerprint density at radius 1 is 1.09 bits per heavy atom. The van der Waals surface area contributed by atoms with E-state index in [1.54, 1.807) is 0 Å². The van der Waals surface area contributed by atoms with Gasteiger partial charge < -0.3 is 9.47 Å². The molecule has 0 unspecified atom stereocenters. The molecule has 1 aromatic carbocycles. The Labute approximate surface area is 126 Å². The highest BCUT2D eigenvalue weighted by Gasteiger charge is 2.34. The lowest BCUT2D eigenvalue weighted by atomic mass is 10.1. The molecule has 0 radical (unpaired) electrons. The van der Waals surface area contributed by atoms with Crippen LogP contribution in [-0.2, 0) is 13.2 Å². The molecule has 4 nitrogen and oxygen atoms in total. The number of aryl methyl sites for hydroxylation is 3. The van der Waals surface area contributed by atoms with E-state index in [0.29, 0.717) is 0 Å². The van der Waals surface area contributed by atoms with E-state index >= 15 is 0 Å². The Balaban J connectivity index is 1.91. The lowest BCUT2D eigenvalue weighted by molar-refractivity contribution is -0.141. The van der Waals surface area contributed by atoms with E-state index in [2.05, 4.69) is 5.10 Å². The molecule has 0 bridgehead atoms. The van der Waals surface area contributed by atoms with Gasteiger partial charge in [-0.25, -0.2) is 4.68 Å². The Kier molecular flexibility index (Phi) is 4.63. The smallest absolute Gasteiger partial charge is 0.435 e. The van der Waals surface area contributed by atoms with Crippen molar-refractivity contribution < 1.29 is 22.6 Å². The second-order valence-corrected chi connectivity index (χ2v) is 4.91. The van der Waals surface area contributed by atoms with Gasteiger partial charge in [-0.15, -0.1) is 0 Å². The van der Waals surface area contributed by atoms with Crippen molar-refractivity contribution in [2.24, 2.45) is 7.05 Å². The van der Waals surface area contributed by atoms with E-state index in [1.807, 2.05) is 32.0 Å². The summed E-state index contributed by atoms with van der Waals surface area (Å²) in [5, 5.41) is 3.37. The number of ether oxygens (including phenoxy) is 2. The predicted molar refractivity (Wildman–Crippen MR) is 75.1 cm³/mol. The van der Waals surface area contributed by atoms with Gasteiger partial charge in [0.2, 0.25) is 5.88 Å². The van der Waals surface area contributed by atoms with Gasteiger partial charge in [0, 0.05) is 13.1 Å². The Morgan fingerprint density at radius 2 is 1.68 bits per heavy atom. The fraction of sp³-hybridized carbons (Fsp3) is 0.400. The first-order valence-corrected chi connectivity index (χ1v) is 6.72. The van der Waals surface area contributed by atoms with Crippen molar-refractivity contribution in [2.45, 2.75) is 20.0 Å². The highest BCUT2D eigenvalue weighted by molar-refractivity contribution is 5.39. The number of halogens is 3. The van der Waals surface area contributed by atoms with Crippen LogP contribution in [0.2, 0.25) is 0 Å². The second kappa shape index (κ2) is 6.29. The van der Waals surface area contributed by atoms with Gasteiger partial charge in [-0.2, -0.15) is 18.3 Å². The number of alkyl halides is 3. The maximum atomic E-state index is 12.5. The summed E-state index contributed by atoms with van der Waals surface area (Å²) < 4.78 is 49.5. The molecule has 0 aliphatic heterocycles. The molecule has 0 aliphatic rings. The van der Waals surface area contributed by atoms with E-state index in [-0.39, 0.29) is 19.1 Å². The summed E-state index contributed by atoms with van der Waals surface area (Å²) in [5.41, 5.74) is 1.03. The molecule has 0 fully saturated rings. The van der Waals surface area contributed by atoms with Crippen LogP contribution in [0.4, 0.5) is 13.2 Å². The zero-order chi connectivity index (χ0) is 16.3. The molecular weight excluding hydrogens is 297 g/mol. The maximum absolute atomic E-state index is 12.5. The lowest BCUT2D eigenvalue weighted by Crippen LogP contribution is -2.11. The normalized spacial score (nSPS) is 11.5. The molecule has 0 aliphatic carbocycles. The number of hydrogen-bond donors (Lipinski definition) is 0. The highest BCUT2D eigenvalue weighted by Crippen LogP contribution is 2.30. The lowest BCUT2D eigenvalue weighted by Gasteiger charge is -2.12. The molecule has 1 heterocycles. The van der Waals surface area contributed by atoms with Gasteiger partial charge in [-0.05, 0) is 25.0 Å². The minimum absolute atomic E-state index is 0.0532. The molecule has 0 amide bonds. The molecule has 120 valence electrons. The van der Waals surface area contributed by atoms with Crippen molar-refractivity contribution in [3.8, 4) is 11.6 Å². The summed E-state index contributed by atoms with van der Waals surface area (Å²) in [6, 6.07) is 6.67. The van der Waals surface area contributed by atoms with Crippen molar-refractivity contribution in [3.05, 3.63) is 41.1 Å². The van der Waals surface area contributed by atoms with Gasteiger partial charge in [-0.1, -0.05) is 18.2 Å². The van der Waals surface area contributed by atoms with Crippen LogP contribution in [0.15, 0.2) is 24.3 Å². The largest absolute Gasteiger partial charge is 0.489 e. The summed E-state index contributed by atoms with van der Waals surface area (Å²) in [6.07, 6.45) is -4.48. The molecular formula is C15H17F3N2O2.